The Morgan fingerprint density at radius 2 is 0.833 bits per heavy atom. The van der Waals surface area contributed by atoms with Gasteiger partial charge in [-0.2, -0.15) is 5.26 Å². The third-order valence-corrected chi connectivity index (χ3v) is 14.3. The second kappa shape index (κ2) is 15.5. The van der Waals surface area contributed by atoms with Gasteiger partial charge < -0.3 is 18.1 Å². The minimum Gasteiger partial charge on any atom is -0.455 e. The van der Waals surface area contributed by atoms with Crippen molar-refractivity contribution in [3.63, 3.8) is 0 Å². The molecule has 15 rings (SSSR count). The van der Waals surface area contributed by atoms with Gasteiger partial charge in [0.1, 0.15) is 17.2 Å². The van der Waals surface area contributed by atoms with Crippen LogP contribution >= 0.6 is 0 Å². The van der Waals surface area contributed by atoms with E-state index in [1.54, 1.807) is 0 Å². The highest BCUT2D eigenvalue weighted by Gasteiger charge is 2.28. The Hall–Kier alpha value is -10.1. The number of aromatic nitrogens is 6. The molecule has 0 saturated carbocycles. The lowest BCUT2D eigenvalue weighted by Crippen LogP contribution is -2.03. The van der Waals surface area contributed by atoms with Crippen molar-refractivity contribution in [2.75, 3.05) is 0 Å². The first-order valence-corrected chi connectivity index (χ1v) is 24.0. The normalized spacial score (nSPS) is 11.9. The molecule has 8 heteroatoms. The van der Waals surface area contributed by atoms with Gasteiger partial charge in [0.05, 0.1) is 55.3 Å². The molecule has 72 heavy (non-hydrogen) atoms. The summed E-state index contributed by atoms with van der Waals surface area (Å²) in [5.41, 5.74) is 13.1. The quantitative estimate of drug-likeness (QED) is 0.166. The standard InChI is InChI=1S/C64H37N7O/c65-38-41-34-51(64-67-62(39-18-4-1-5-19-39)66-63(68-64)40-20-6-2-7-21-40)61-59(47-27-13-17-31-58(47)72-61)60(41)71-55-33-32-43(70-52-28-14-10-24-44(52)45-25-11-15-29-53(45)70)35-48(55)50-36-49-46-26-12-16-30-54(46)69(56(49)37-57(50)71)42-22-8-3-9-23-42/h1-37H. The van der Waals surface area contributed by atoms with Gasteiger partial charge in [-0.15, -0.1) is 0 Å². The number of hydrogen-bond donors (Lipinski definition) is 0. The Labute approximate surface area is 411 Å². The minimum absolute atomic E-state index is 0.405. The number of fused-ring (bicyclic) bond motifs is 12. The minimum atomic E-state index is 0.405. The van der Waals surface area contributed by atoms with Crippen LogP contribution in [0.5, 0.6) is 0 Å². The molecular formula is C64H37N7O. The molecule has 0 spiro atoms. The van der Waals surface area contributed by atoms with Crippen LogP contribution in [0, 0.1) is 11.3 Å². The van der Waals surface area contributed by atoms with Crippen molar-refractivity contribution >= 4 is 87.4 Å². The van der Waals surface area contributed by atoms with Crippen molar-refractivity contribution in [2.24, 2.45) is 0 Å². The number of rotatable bonds is 6. The van der Waals surface area contributed by atoms with E-state index < -0.39 is 0 Å². The van der Waals surface area contributed by atoms with E-state index in [2.05, 4.69) is 159 Å². The molecule has 0 bridgehead atoms. The lowest BCUT2D eigenvalue weighted by atomic mass is 10.0. The average molecular weight is 920 g/mol. The second-order valence-electron chi connectivity index (χ2n) is 18.3. The van der Waals surface area contributed by atoms with Gasteiger partial charge in [0, 0.05) is 60.2 Å². The maximum Gasteiger partial charge on any atom is 0.167 e. The first-order chi connectivity index (χ1) is 35.7. The van der Waals surface area contributed by atoms with Gasteiger partial charge in [0.15, 0.2) is 17.5 Å². The van der Waals surface area contributed by atoms with Gasteiger partial charge in [-0.05, 0) is 72.8 Å². The molecule has 5 heterocycles. The molecule has 0 unspecified atom stereocenters. The molecule has 0 saturated heterocycles. The van der Waals surface area contributed by atoms with E-state index in [4.69, 9.17) is 19.4 Å². The van der Waals surface area contributed by atoms with Crippen molar-refractivity contribution < 1.29 is 4.42 Å². The van der Waals surface area contributed by atoms with Gasteiger partial charge in [0.2, 0.25) is 0 Å². The lowest BCUT2D eigenvalue weighted by molar-refractivity contribution is 0.669. The predicted molar refractivity (Wildman–Crippen MR) is 291 cm³/mol. The molecule has 334 valence electrons. The highest BCUT2D eigenvalue weighted by atomic mass is 16.3. The molecule has 0 aliphatic carbocycles. The van der Waals surface area contributed by atoms with Crippen molar-refractivity contribution in [3.8, 4) is 57.3 Å². The zero-order chi connectivity index (χ0) is 47.4. The number of benzene rings is 10. The second-order valence-corrected chi connectivity index (χ2v) is 18.3. The van der Waals surface area contributed by atoms with Crippen molar-refractivity contribution in [2.45, 2.75) is 0 Å². The number of furan rings is 1. The summed E-state index contributed by atoms with van der Waals surface area (Å²) in [5, 5.41) is 20.1. The summed E-state index contributed by atoms with van der Waals surface area (Å²) in [6.45, 7) is 0. The fourth-order valence-corrected chi connectivity index (χ4v) is 11.2. The zero-order valence-corrected chi connectivity index (χ0v) is 38.4. The summed E-state index contributed by atoms with van der Waals surface area (Å²) in [4.78, 5) is 15.3. The van der Waals surface area contributed by atoms with E-state index in [1.807, 2.05) is 84.9 Å². The average Bonchev–Trinajstić information content (AvgIpc) is 4.19. The van der Waals surface area contributed by atoms with Crippen LogP contribution < -0.4 is 0 Å². The summed E-state index contributed by atoms with van der Waals surface area (Å²) in [5.74, 6) is 1.44. The van der Waals surface area contributed by atoms with Gasteiger partial charge in [-0.3, -0.25) is 0 Å². The van der Waals surface area contributed by atoms with Crippen molar-refractivity contribution in [1.82, 2.24) is 28.7 Å². The summed E-state index contributed by atoms with van der Waals surface area (Å²) >= 11 is 0. The SMILES string of the molecule is N#Cc1cc(-c2nc(-c3ccccc3)nc(-c3ccccc3)n2)c2oc3ccccc3c2c1-n1c2ccc(-n3c4ccccc4c4ccccc43)cc2c2cc3c4ccccc4n(-c4ccccc4)c3cc21. The molecule has 0 aliphatic rings. The molecule has 5 aromatic heterocycles. The smallest absolute Gasteiger partial charge is 0.167 e. The predicted octanol–water partition coefficient (Wildman–Crippen LogP) is 15.9. The Bertz CT molecular complexity index is 4640. The van der Waals surface area contributed by atoms with E-state index in [0.717, 1.165) is 87.9 Å². The Morgan fingerprint density at radius 1 is 0.361 bits per heavy atom. The van der Waals surface area contributed by atoms with Crippen LogP contribution in [0.25, 0.3) is 139 Å². The van der Waals surface area contributed by atoms with E-state index in [-0.39, 0.29) is 0 Å². The highest BCUT2D eigenvalue weighted by molar-refractivity contribution is 6.22. The van der Waals surface area contributed by atoms with Gasteiger partial charge in [-0.1, -0.05) is 152 Å². The summed E-state index contributed by atoms with van der Waals surface area (Å²) in [7, 11) is 0. The highest BCUT2D eigenvalue weighted by Crippen LogP contribution is 2.46. The fourth-order valence-electron chi connectivity index (χ4n) is 11.2. The van der Waals surface area contributed by atoms with Gasteiger partial charge in [0.25, 0.3) is 0 Å². The maximum atomic E-state index is 11.6. The summed E-state index contributed by atoms with van der Waals surface area (Å²) in [6.07, 6.45) is 0. The van der Waals surface area contributed by atoms with Crippen molar-refractivity contribution in [3.05, 3.63) is 230 Å². The van der Waals surface area contributed by atoms with Crippen LogP contribution in [0.2, 0.25) is 0 Å². The molecule has 10 aromatic carbocycles. The van der Waals surface area contributed by atoms with Crippen LogP contribution in [0.1, 0.15) is 5.56 Å². The van der Waals surface area contributed by atoms with Gasteiger partial charge >= 0.3 is 0 Å². The summed E-state index contributed by atoms with van der Waals surface area (Å²) in [6, 6.07) is 80.3. The third-order valence-electron chi connectivity index (χ3n) is 14.3. The van der Waals surface area contributed by atoms with E-state index >= 15 is 0 Å². The van der Waals surface area contributed by atoms with E-state index in [1.165, 1.54) is 10.8 Å². The third kappa shape index (κ3) is 5.82. The fraction of sp³-hybridized carbons (Fsp3) is 0. The molecule has 0 fully saturated rings. The molecular weight excluding hydrogens is 883 g/mol. The van der Waals surface area contributed by atoms with Crippen LogP contribution in [-0.4, -0.2) is 28.7 Å². The van der Waals surface area contributed by atoms with E-state index in [0.29, 0.717) is 45.5 Å². The zero-order valence-electron chi connectivity index (χ0n) is 38.4. The largest absolute Gasteiger partial charge is 0.455 e. The van der Waals surface area contributed by atoms with Gasteiger partial charge in [-0.25, -0.2) is 15.0 Å². The molecule has 0 radical (unpaired) electrons. The Kier molecular flexibility index (Phi) is 8.55. The molecule has 0 amide bonds. The Balaban J connectivity index is 1.08. The number of nitriles is 1. The Morgan fingerprint density at radius 3 is 1.46 bits per heavy atom. The van der Waals surface area contributed by atoms with Crippen molar-refractivity contribution in [1.29, 1.82) is 5.26 Å². The molecule has 0 aliphatic heterocycles. The number of nitrogens with zero attached hydrogens (tertiary/aromatic N) is 7. The number of para-hydroxylation sites is 5. The topological polar surface area (TPSA) is 90.4 Å². The monoisotopic (exact) mass is 919 g/mol. The first-order valence-electron chi connectivity index (χ1n) is 24.0. The van der Waals surface area contributed by atoms with Crippen LogP contribution in [-0.2, 0) is 0 Å². The molecule has 8 nitrogen and oxygen atoms in total. The maximum absolute atomic E-state index is 11.6. The first kappa shape index (κ1) is 39.9. The molecule has 0 atom stereocenters. The molecule has 15 aromatic rings. The van der Waals surface area contributed by atoms with Crippen LogP contribution in [0.4, 0.5) is 0 Å². The van der Waals surface area contributed by atoms with E-state index in [9.17, 15) is 5.26 Å². The number of hydrogen-bond acceptors (Lipinski definition) is 5. The lowest BCUT2D eigenvalue weighted by Gasteiger charge is -2.15. The summed E-state index contributed by atoms with van der Waals surface area (Å²) < 4.78 is 14.0. The van der Waals surface area contributed by atoms with Crippen LogP contribution in [0.15, 0.2) is 229 Å². The van der Waals surface area contributed by atoms with Crippen LogP contribution in [0.3, 0.4) is 0 Å². The molecule has 0 N–H and O–H groups in total.